The Bertz CT molecular complexity index is 379. The maximum atomic E-state index is 11.5. The standard InChI is InChI=1S/C11H18N4O2/c1-11(2,3)9(17)12-5-4-8(16)15-10-13-6-7-14-10/h6-7H,4-5H2,1-3H3,(H,12,17)(H2,13,14,15,16). The van der Waals surface area contributed by atoms with Crippen molar-refractivity contribution in [3.63, 3.8) is 0 Å². The van der Waals surface area contributed by atoms with E-state index in [2.05, 4.69) is 20.6 Å². The van der Waals surface area contributed by atoms with Crippen LogP contribution in [0.15, 0.2) is 12.4 Å². The molecule has 0 saturated heterocycles. The minimum Gasteiger partial charge on any atom is -0.355 e. The van der Waals surface area contributed by atoms with Gasteiger partial charge in [0.05, 0.1) is 0 Å². The average molecular weight is 238 g/mol. The van der Waals surface area contributed by atoms with Gasteiger partial charge in [0, 0.05) is 30.8 Å². The highest BCUT2D eigenvalue weighted by atomic mass is 16.2. The van der Waals surface area contributed by atoms with E-state index in [0.29, 0.717) is 12.5 Å². The quantitative estimate of drug-likeness (QED) is 0.728. The third kappa shape index (κ3) is 4.67. The van der Waals surface area contributed by atoms with Gasteiger partial charge in [-0.3, -0.25) is 14.9 Å². The topological polar surface area (TPSA) is 86.9 Å². The van der Waals surface area contributed by atoms with Crippen molar-refractivity contribution in [2.24, 2.45) is 5.41 Å². The molecule has 0 bridgehead atoms. The second kappa shape index (κ2) is 5.47. The molecule has 2 amide bonds. The second-order valence-corrected chi connectivity index (χ2v) is 4.74. The van der Waals surface area contributed by atoms with E-state index >= 15 is 0 Å². The highest BCUT2D eigenvalue weighted by Gasteiger charge is 2.20. The smallest absolute Gasteiger partial charge is 0.228 e. The van der Waals surface area contributed by atoms with E-state index in [1.165, 1.54) is 0 Å². The van der Waals surface area contributed by atoms with Crippen LogP contribution in [0.5, 0.6) is 0 Å². The van der Waals surface area contributed by atoms with Crippen molar-refractivity contribution in [3.8, 4) is 0 Å². The number of imidazole rings is 1. The van der Waals surface area contributed by atoms with Gasteiger partial charge in [-0.25, -0.2) is 4.98 Å². The molecule has 1 rings (SSSR count). The number of nitrogens with zero attached hydrogens (tertiary/aromatic N) is 1. The lowest BCUT2D eigenvalue weighted by atomic mass is 9.96. The zero-order chi connectivity index (χ0) is 12.9. The molecule has 0 saturated carbocycles. The summed E-state index contributed by atoms with van der Waals surface area (Å²) in [7, 11) is 0. The van der Waals surface area contributed by atoms with Gasteiger partial charge in [0.25, 0.3) is 0 Å². The number of hydrogen-bond acceptors (Lipinski definition) is 3. The molecule has 1 heterocycles. The zero-order valence-electron chi connectivity index (χ0n) is 10.3. The lowest BCUT2D eigenvalue weighted by Gasteiger charge is -2.17. The van der Waals surface area contributed by atoms with Gasteiger partial charge < -0.3 is 10.3 Å². The van der Waals surface area contributed by atoms with Gasteiger partial charge in [-0.15, -0.1) is 0 Å². The SMILES string of the molecule is CC(C)(C)C(=O)NCCC(=O)Nc1ncc[nH]1. The lowest BCUT2D eigenvalue weighted by Crippen LogP contribution is -2.36. The number of carbonyl (C=O) groups excluding carboxylic acids is 2. The fraction of sp³-hybridized carbons (Fsp3) is 0.545. The van der Waals surface area contributed by atoms with Crippen LogP contribution in [0.2, 0.25) is 0 Å². The monoisotopic (exact) mass is 238 g/mol. The Hall–Kier alpha value is -1.85. The summed E-state index contributed by atoms with van der Waals surface area (Å²) in [4.78, 5) is 29.5. The molecule has 6 heteroatoms. The molecule has 0 aliphatic heterocycles. The predicted octanol–water partition coefficient (Wildman–Crippen LogP) is 0.901. The van der Waals surface area contributed by atoms with Crippen molar-refractivity contribution < 1.29 is 9.59 Å². The summed E-state index contributed by atoms with van der Waals surface area (Å²) in [6.07, 6.45) is 3.40. The van der Waals surface area contributed by atoms with Crippen LogP contribution in [0.4, 0.5) is 5.95 Å². The maximum absolute atomic E-state index is 11.5. The predicted molar refractivity (Wildman–Crippen MR) is 64.3 cm³/mol. The number of H-pyrrole nitrogens is 1. The van der Waals surface area contributed by atoms with E-state index in [-0.39, 0.29) is 18.2 Å². The number of aromatic nitrogens is 2. The van der Waals surface area contributed by atoms with Crippen molar-refractivity contribution >= 4 is 17.8 Å². The van der Waals surface area contributed by atoms with Crippen LogP contribution in [-0.2, 0) is 9.59 Å². The van der Waals surface area contributed by atoms with E-state index in [9.17, 15) is 9.59 Å². The Morgan fingerprint density at radius 2 is 2.12 bits per heavy atom. The molecule has 0 aromatic carbocycles. The molecule has 3 N–H and O–H groups in total. The molecule has 1 aromatic heterocycles. The molecule has 0 radical (unpaired) electrons. The van der Waals surface area contributed by atoms with Crippen LogP contribution in [0, 0.1) is 5.41 Å². The number of rotatable bonds is 4. The molecule has 6 nitrogen and oxygen atoms in total. The summed E-state index contributed by atoms with van der Waals surface area (Å²) < 4.78 is 0. The first-order valence-corrected chi connectivity index (χ1v) is 5.47. The largest absolute Gasteiger partial charge is 0.355 e. The minimum atomic E-state index is -0.433. The second-order valence-electron chi connectivity index (χ2n) is 4.74. The van der Waals surface area contributed by atoms with Gasteiger partial charge in [0.1, 0.15) is 0 Å². The van der Waals surface area contributed by atoms with Crippen molar-refractivity contribution in [2.75, 3.05) is 11.9 Å². The first-order valence-electron chi connectivity index (χ1n) is 5.47. The Morgan fingerprint density at radius 1 is 1.41 bits per heavy atom. The lowest BCUT2D eigenvalue weighted by molar-refractivity contribution is -0.128. The molecular weight excluding hydrogens is 220 g/mol. The van der Waals surface area contributed by atoms with Gasteiger partial charge in [0.15, 0.2) is 0 Å². The molecule has 0 spiro atoms. The number of carbonyl (C=O) groups is 2. The van der Waals surface area contributed by atoms with Crippen LogP contribution < -0.4 is 10.6 Å². The highest BCUT2D eigenvalue weighted by molar-refractivity contribution is 5.89. The number of aromatic amines is 1. The van der Waals surface area contributed by atoms with Crippen LogP contribution in [0.25, 0.3) is 0 Å². The highest BCUT2D eigenvalue weighted by Crippen LogP contribution is 2.12. The van der Waals surface area contributed by atoms with Crippen molar-refractivity contribution in [1.29, 1.82) is 0 Å². The van der Waals surface area contributed by atoms with Gasteiger partial charge in [-0.1, -0.05) is 20.8 Å². The van der Waals surface area contributed by atoms with Crippen molar-refractivity contribution in [2.45, 2.75) is 27.2 Å². The number of hydrogen-bond donors (Lipinski definition) is 3. The molecule has 1 aromatic rings. The fourth-order valence-corrected chi connectivity index (χ4v) is 1.08. The van der Waals surface area contributed by atoms with Crippen LogP contribution in [0.1, 0.15) is 27.2 Å². The Morgan fingerprint density at radius 3 is 2.65 bits per heavy atom. The van der Waals surface area contributed by atoms with Gasteiger partial charge in [-0.2, -0.15) is 0 Å². The van der Waals surface area contributed by atoms with Crippen molar-refractivity contribution in [3.05, 3.63) is 12.4 Å². The number of nitrogens with one attached hydrogen (secondary N) is 3. The fourth-order valence-electron chi connectivity index (χ4n) is 1.08. The molecule has 0 fully saturated rings. The molecule has 0 atom stereocenters. The van der Waals surface area contributed by atoms with E-state index in [0.717, 1.165) is 0 Å². The summed E-state index contributed by atoms with van der Waals surface area (Å²) in [6.45, 7) is 5.80. The van der Waals surface area contributed by atoms with Gasteiger partial charge in [-0.05, 0) is 0 Å². The Labute approximate surface area is 100 Å². The van der Waals surface area contributed by atoms with Crippen LogP contribution in [-0.4, -0.2) is 28.3 Å². The Kier molecular flexibility index (Phi) is 4.25. The third-order valence-electron chi connectivity index (χ3n) is 2.07. The Balaban J connectivity index is 2.23. The summed E-state index contributed by atoms with van der Waals surface area (Å²) in [6, 6.07) is 0. The molecular formula is C11H18N4O2. The van der Waals surface area contributed by atoms with Gasteiger partial charge in [0.2, 0.25) is 17.8 Å². The average Bonchev–Trinajstić information content (AvgIpc) is 2.68. The summed E-state index contributed by atoms with van der Waals surface area (Å²) in [5, 5.41) is 5.28. The molecule has 17 heavy (non-hydrogen) atoms. The molecule has 0 aliphatic rings. The van der Waals surface area contributed by atoms with E-state index in [1.807, 2.05) is 20.8 Å². The molecule has 94 valence electrons. The molecule has 0 unspecified atom stereocenters. The zero-order valence-corrected chi connectivity index (χ0v) is 10.3. The number of amides is 2. The normalized spacial score (nSPS) is 11.0. The van der Waals surface area contributed by atoms with Crippen molar-refractivity contribution in [1.82, 2.24) is 15.3 Å². The number of anilines is 1. The van der Waals surface area contributed by atoms with Crippen LogP contribution in [0.3, 0.4) is 0 Å². The third-order valence-corrected chi connectivity index (χ3v) is 2.07. The summed E-state index contributed by atoms with van der Waals surface area (Å²) in [5.74, 6) is 0.162. The first-order chi connectivity index (χ1) is 7.89. The van der Waals surface area contributed by atoms with E-state index in [1.54, 1.807) is 12.4 Å². The van der Waals surface area contributed by atoms with Crippen LogP contribution >= 0.6 is 0 Å². The summed E-state index contributed by atoms with van der Waals surface area (Å²) >= 11 is 0. The van der Waals surface area contributed by atoms with E-state index < -0.39 is 5.41 Å². The minimum absolute atomic E-state index is 0.0664. The maximum Gasteiger partial charge on any atom is 0.228 e. The van der Waals surface area contributed by atoms with Gasteiger partial charge >= 0.3 is 0 Å². The molecule has 0 aliphatic carbocycles. The van der Waals surface area contributed by atoms with E-state index in [4.69, 9.17) is 0 Å². The summed E-state index contributed by atoms with van der Waals surface area (Å²) in [5.41, 5.74) is -0.433. The first kappa shape index (κ1) is 13.2.